The van der Waals surface area contributed by atoms with Gasteiger partial charge in [-0.05, 0) is 58.2 Å². The summed E-state index contributed by atoms with van der Waals surface area (Å²) in [6.07, 6.45) is 6.49. The molecule has 154 valence electrons. The molecule has 0 spiro atoms. The number of ether oxygens (including phenoxy) is 1. The minimum absolute atomic E-state index is 0.261. The number of aromatic nitrogens is 2. The van der Waals surface area contributed by atoms with Gasteiger partial charge in [-0.2, -0.15) is 0 Å². The number of hydrogen-bond acceptors (Lipinski definition) is 7. The number of fused-ring (bicyclic) bond motifs is 1. The van der Waals surface area contributed by atoms with Crippen molar-refractivity contribution in [3.05, 3.63) is 16.8 Å². The Hall–Kier alpha value is -1.73. The number of nitrogens with zero attached hydrogens (tertiary/aromatic N) is 4. The lowest BCUT2D eigenvalue weighted by molar-refractivity contribution is 0.0531. The van der Waals surface area contributed by atoms with Gasteiger partial charge in [0.05, 0.1) is 12.0 Å². The number of thiophene rings is 1. The second-order valence-corrected chi connectivity index (χ2v) is 8.70. The van der Waals surface area contributed by atoms with Crippen molar-refractivity contribution in [3.8, 4) is 0 Å². The molecule has 0 saturated carbocycles. The number of piperidine rings is 1. The lowest BCUT2D eigenvalue weighted by Crippen LogP contribution is -2.38. The standard InChI is InChI=1S/C21H32N4O2S/c1-5-7-10-24(4)13-16-8-11-25(12-9-16)19-17-15(3)18(21(26)27-6-2)28-20(17)23-14-22-19/h14,16H,5-13H2,1-4H3. The molecule has 28 heavy (non-hydrogen) atoms. The first-order chi connectivity index (χ1) is 13.5. The van der Waals surface area contributed by atoms with Crippen molar-refractivity contribution in [2.24, 2.45) is 5.92 Å². The van der Waals surface area contributed by atoms with Crippen LogP contribution in [0.25, 0.3) is 10.2 Å². The average Bonchev–Trinajstić information content (AvgIpc) is 3.04. The number of esters is 1. The SMILES string of the molecule is CCCCN(C)CC1CCN(c2ncnc3sc(C(=O)OCC)c(C)c23)CC1. The van der Waals surface area contributed by atoms with Crippen LogP contribution in [0.5, 0.6) is 0 Å². The molecular weight excluding hydrogens is 372 g/mol. The van der Waals surface area contributed by atoms with Crippen molar-refractivity contribution >= 4 is 33.3 Å². The first-order valence-electron chi connectivity index (χ1n) is 10.4. The van der Waals surface area contributed by atoms with Gasteiger partial charge in [-0.15, -0.1) is 11.3 Å². The van der Waals surface area contributed by atoms with E-state index in [1.54, 1.807) is 6.33 Å². The number of unbranched alkanes of at least 4 members (excludes halogenated alkanes) is 1. The molecule has 0 amide bonds. The molecular formula is C21H32N4O2S. The molecule has 1 aliphatic heterocycles. The molecule has 1 saturated heterocycles. The van der Waals surface area contributed by atoms with Crippen LogP contribution in [0.2, 0.25) is 0 Å². The van der Waals surface area contributed by atoms with E-state index in [0.29, 0.717) is 11.5 Å². The molecule has 0 N–H and O–H groups in total. The lowest BCUT2D eigenvalue weighted by Gasteiger charge is -2.35. The predicted octanol–water partition coefficient (Wildman–Crippen LogP) is 4.12. The molecule has 2 aromatic rings. The summed E-state index contributed by atoms with van der Waals surface area (Å²) < 4.78 is 5.21. The fraction of sp³-hybridized carbons (Fsp3) is 0.667. The maximum Gasteiger partial charge on any atom is 0.348 e. The Morgan fingerprint density at radius 3 is 2.75 bits per heavy atom. The van der Waals surface area contributed by atoms with E-state index in [2.05, 4.69) is 33.7 Å². The van der Waals surface area contributed by atoms with Crippen LogP contribution in [0.15, 0.2) is 6.33 Å². The quantitative estimate of drug-likeness (QED) is 0.617. The van der Waals surface area contributed by atoms with E-state index in [-0.39, 0.29) is 5.97 Å². The zero-order valence-corrected chi connectivity index (χ0v) is 18.3. The summed E-state index contributed by atoms with van der Waals surface area (Å²) in [6.45, 7) is 10.8. The van der Waals surface area contributed by atoms with Crippen molar-refractivity contribution in [2.75, 3.05) is 44.7 Å². The maximum atomic E-state index is 12.3. The van der Waals surface area contributed by atoms with Crippen LogP contribution in [0.3, 0.4) is 0 Å². The molecule has 7 heteroatoms. The number of carbonyl (C=O) groups is 1. The zero-order chi connectivity index (χ0) is 20.1. The molecule has 0 unspecified atom stereocenters. The van der Waals surface area contributed by atoms with Gasteiger partial charge in [0.25, 0.3) is 0 Å². The summed E-state index contributed by atoms with van der Waals surface area (Å²) in [5.74, 6) is 1.45. The van der Waals surface area contributed by atoms with Crippen LogP contribution >= 0.6 is 11.3 Å². The number of aryl methyl sites for hydroxylation is 1. The van der Waals surface area contributed by atoms with Crippen molar-refractivity contribution < 1.29 is 9.53 Å². The highest BCUT2D eigenvalue weighted by Crippen LogP contribution is 2.36. The minimum atomic E-state index is -0.261. The fourth-order valence-electron chi connectivity index (χ4n) is 3.97. The fourth-order valence-corrected chi connectivity index (χ4v) is 5.01. The third-order valence-corrected chi connectivity index (χ3v) is 6.72. The predicted molar refractivity (Wildman–Crippen MR) is 115 cm³/mol. The molecule has 0 atom stereocenters. The Kier molecular flexibility index (Phi) is 7.24. The molecule has 2 aromatic heterocycles. The van der Waals surface area contributed by atoms with Crippen molar-refractivity contribution in [1.29, 1.82) is 0 Å². The Balaban J connectivity index is 1.72. The van der Waals surface area contributed by atoms with Gasteiger partial charge in [0.2, 0.25) is 0 Å². The van der Waals surface area contributed by atoms with Crippen LogP contribution in [-0.2, 0) is 4.74 Å². The van der Waals surface area contributed by atoms with Gasteiger partial charge in [0.1, 0.15) is 21.9 Å². The molecule has 0 aromatic carbocycles. The molecule has 0 aliphatic carbocycles. The zero-order valence-electron chi connectivity index (χ0n) is 17.5. The Labute approximate surface area is 171 Å². The summed E-state index contributed by atoms with van der Waals surface area (Å²) in [7, 11) is 2.24. The Bertz CT molecular complexity index is 799. The second kappa shape index (κ2) is 9.65. The van der Waals surface area contributed by atoms with E-state index in [0.717, 1.165) is 40.6 Å². The number of anilines is 1. The van der Waals surface area contributed by atoms with Crippen molar-refractivity contribution in [2.45, 2.75) is 46.5 Å². The largest absolute Gasteiger partial charge is 0.462 e. The molecule has 1 fully saturated rings. The number of rotatable bonds is 8. The van der Waals surface area contributed by atoms with Crippen molar-refractivity contribution in [3.63, 3.8) is 0 Å². The molecule has 1 aliphatic rings. The van der Waals surface area contributed by atoms with Crippen molar-refractivity contribution in [1.82, 2.24) is 14.9 Å². The maximum absolute atomic E-state index is 12.3. The van der Waals surface area contributed by atoms with Crippen LogP contribution in [-0.4, -0.2) is 60.7 Å². The normalized spacial score (nSPS) is 15.5. The summed E-state index contributed by atoms with van der Waals surface area (Å²) in [6, 6.07) is 0. The molecule has 6 nitrogen and oxygen atoms in total. The smallest absolute Gasteiger partial charge is 0.348 e. The summed E-state index contributed by atoms with van der Waals surface area (Å²) in [4.78, 5) is 27.6. The van der Waals surface area contributed by atoms with Crippen LogP contribution in [0.4, 0.5) is 5.82 Å². The van der Waals surface area contributed by atoms with Gasteiger partial charge in [0.15, 0.2) is 0 Å². The Morgan fingerprint density at radius 1 is 1.32 bits per heavy atom. The highest BCUT2D eigenvalue weighted by atomic mass is 32.1. The summed E-state index contributed by atoms with van der Waals surface area (Å²) in [5.41, 5.74) is 0.940. The van der Waals surface area contributed by atoms with Gasteiger partial charge in [-0.1, -0.05) is 13.3 Å². The number of carbonyl (C=O) groups excluding carboxylic acids is 1. The van der Waals surface area contributed by atoms with Gasteiger partial charge in [-0.3, -0.25) is 0 Å². The minimum Gasteiger partial charge on any atom is -0.462 e. The third-order valence-electron chi connectivity index (χ3n) is 5.54. The van der Waals surface area contributed by atoms with Gasteiger partial charge in [0, 0.05) is 19.6 Å². The van der Waals surface area contributed by atoms with E-state index in [1.807, 2.05) is 13.8 Å². The second-order valence-electron chi connectivity index (χ2n) is 7.70. The molecule has 0 bridgehead atoms. The highest BCUT2D eigenvalue weighted by Gasteiger charge is 2.26. The first kappa shape index (κ1) is 21.0. The molecule has 3 rings (SSSR count). The van der Waals surface area contributed by atoms with E-state index in [1.165, 1.54) is 50.1 Å². The monoisotopic (exact) mass is 404 g/mol. The molecule has 0 radical (unpaired) electrons. The van der Waals surface area contributed by atoms with Crippen LogP contribution in [0, 0.1) is 12.8 Å². The van der Waals surface area contributed by atoms with Gasteiger partial charge in [-0.25, -0.2) is 14.8 Å². The van der Waals surface area contributed by atoms with E-state index in [4.69, 9.17) is 4.74 Å². The highest BCUT2D eigenvalue weighted by molar-refractivity contribution is 7.20. The first-order valence-corrected chi connectivity index (χ1v) is 11.2. The van der Waals surface area contributed by atoms with E-state index < -0.39 is 0 Å². The van der Waals surface area contributed by atoms with Gasteiger partial charge < -0.3 is 14.5 Å². The third kappa shape index (κ3) is 4.63. The number of hydrogen-bond donors (Lipinski definition) is 0. The topological polar surface area (TPSA) is 58.6 Å². The lowest BCUT2D eigenvalue weighted by atomic mass is 9.96. The summed E-state index contributed by atoms with van der Waals surface area (Å²) >= 11 is 1.41. The van der Waals surface area contributed by atoms with Crippen LogP contribution < -0.4 is 4.90 Å². The molecule has 3 heterocycles. The summed E-state index contributed by atoms with van der Waals surface area (Å²) in [5, 5.41) is 1.01. The van der Waals surface area contributed by atoms with E-state index >= 15 is 0 Å². The van der Waals surface area contributed by atoms with Gasteiger partial charge >= 0.3 is 5.97 Å². The van der Waals surface area contributed by atoms with Crippen LogP contribution in [0.1, 0.15) is 54.8 Å². The van der Waals surface area contributed by atoms with E-state index in [9.17, 15) is 4.79 Å². The average molecular weight is 405 g/mol. The Morgan fingerprint density at radius 2 is 2.07 bits per heavy atom.